The Balaban J connectivity index is 1.26. The normalized spacial score (nSPS) is 16.6. The van der Waals surface area contributed by atoms with Crippen LogP contribution in [0.1, 0.15) is 29.0 Å². The number of rotatable bonds is 5. The van der Waals surface area contributed by atoms with Gasteiger partial charge in [0.2, 0.25) is 0 Å². The summed E-state index contributed by atoms with van der Waals surface area (Å²) in [5.41, 5.74) is 9.74. The zero-order valence-electron chi connectivity index (χ0n) is 23.4. The lowest BCUT2D eigenvalue weighted by Gasteiger charge is -2.32. The summed E-state index contributed by atoms with van der Waals surface area (Å²) in [4.78, 5) is 5.21. The molecule has 7 aromatic rings. The second kappa shape index (κ2) is 10.8. The molecule has 1 aliphatic heterocycles. The van der Waals surface area contributed by atoms with E-state index in [0.29, 0.717) is 0 Å². The van der Waals surface area contributed by atoms with Crippen molar-refractivity contribution in [3.8, 4) is 22.3 Å². The molecule has 6 aromatic carbocycles. The molecule has 1 aromatic heterocycles. The van der Waals surface area contributed by atoms with Gasteiger partial charge in [-0.2, -0.15) is 0 Å². The first-order valence-electron chi connectivity index (χ1n) is 14.6. The monoisotopic (exact) mass is 555 g/mol. The van der Waals surface area contributed by atoms with Crippen LogP contribution < -0.4 is 10.6 Å². The molecule has 1 aliphatic rings. The van der Waals surface area contributed by atoms with Gasteiger partial charge in [0.05, 0.1) is 0 Å². The minimum absolute atomic E-state index is 0.108. The fourth-order valence-corrected chi connectivity index (χ4v) is 6.05. The standard InChI is InChI=1S/C39H29N3O/c1-4-12-26(13-5-1)29-18-10-19-30(24-29)31-22-23-34-33(25-31)36-32(20-11-21-35(36)43-34)39-41-37(27-14-6-2-7-15-27)40-38(42-39)28-16-8-3-9-17-28/h1-25,37,39,41H,(H,40,42). The topological polar surface area (TPSA) is 49.6 Å². The summed E-state index contributed by atoms with van der Waals surface area (Å²) in [6, 6.07) is 52.8. The summed E-state index contributed by atoms with van der Waals surface area (Å²) in [7, 11) is 0. The van der Waals surface area contributed by atoms with Crippen LogP contribution in [0.25, 0.3) is 44.2 Å². The highest BCUT2D eigenvalue weighted by atomic mass is 16.3. The van der Waals surface area contributed by atoms with E-state index in [-0.39, 0.29) is 12.3 Å². The molecule has 0 radical (unpaired) electrons. The molecular formula is C39H29N3O. The third kappa shape index (κ3) is 4.78. The zero-order chi connectivity index (χ0) is 28.6. The lowest BCUT2D eigenvalue weighted by molar-refractivity contribution is 0.410. The van der Waals surface area contributed by atoms with Gasteiger partial charge in [-0.05, 0) is 52.1 Å². The summed E-state index contributed by atoms with van der Waals surface area (Å²) in [5.74, 6) is 0.862. The molecule has 0 amide bonds. The van der Waals surface area contributed by atoms with Crippen LogP contribution in [0.4, 0.5) is 0 Å². The molecule has 2 unspecified atom stereocenters. The molecule has 0 bridgehead atoms. The Hall–Kier alpha value is -5.45. The van der Waals surface area contributed by atoms with E-state index in [2.05, 4.69) is 132 Å². The molecule has 4 heteroatoms. The van der Waals surface area contributed by atoms with Crippen molar-refractivity contribution in [3.05, 3.63) is 168 Å². The first-order chi connectivity index (χ1) is 21.3. The quantitative estimate of drug-likeness (QED) is 0.223. The second-order valence-electron chi connectivity index (χ2n) is 10.9. The van der Waals surface area contributed by atoms with Crippen LogP contribution in [0.3, 0.4) is 0 Å². The number of furan rings is 1. The van der Waals surface area contributed by atoms with Gasteiger partial charge in [0, 0.05) is 21.9 Å². The lowest BCUT2D eigenvalue weighted by atomic mass is 9.97. The minimum Gasteiger partial charge on any atom is -0.456 e. The van der Waals surface area contributed by atoms with E-state index in [1.165, 1.54) is 16.7 Å². The Morgan fingerprint density at radius 2 is 1.14 bits per heavy atom. The van der Waals surface area contributed by atoms with Gasteiger partial charge in [-0.25, -0.2) is 4.99 Å². The first-order valence-corrected chi connectivity index (χ1v) is 14.6. The molecule has 2 N–H and O–H groups in total. The van der Waals surface area contributed by atoms with E-state index in [9.17, 15) is 0 Å². The molecule has 2 atom stereocenters. The van der Waals surface area contributed by atoms with E-state index in [1.807, 2.05) is 30.3 Å². The molecule has 2 heterocycles. The zero-order valence-corrected chi connectivity index (χ0v) is 23.4. The number of fused-ring (bicyclic) bond motifs is 3. The maximum Gasteiger partial charge on any atom is 0.135 e. The van der Waals surface area contributed by atoms with E-state index < -0.39 is 0 Å². The Morgan fingerprint density at radius 3 is 1.91 bits per heavy atom. The van der Waals surface area contributed by atoms with E-state index in [1.54, 1.807) is 0 Å². The average Bonchev–Trinajstić information content (AvgIpc) is 3.47. The largest absolute Gasteiger partial charge is 0.456 e. The Bertz CT molecular complexity index is 2080. The second-order valence-corrected chi connectivity index (χ2v) is 10.9. The number of nitrogens with one attached hydrogen (secondary N) is 2. The Labute approximate surface area is 250 Å². The van der Waals surface area contributed by atoms with Crippen LogP contribution in [0, 0.1) is 0 Å². The maximum absolute atomic E-state index is 6.40. The van der Waals surface area contributed by atoms with E-state index in [0.717, 1.165) is 50.0 Å². The van der Waals surface area contributed by atoms with Crippen molar-refractivity contribution in [1.82, 2.24) is 10.6 Å². The number of benzene rings is 6. The van der Waals surface area contributed by atoms with E-state index in [4.69, 9.17) is 9.41 Å². The first kappa shape index (κ1) is 25.3. The van der Waals surface area contributed by atoms with Gasteiger partial charge in [0.1, 0.15) is 29.3 Å². The summed E-state index contributed by atoms with van der Waals surface area (Å²) < 4.78 is 6.40. The third-order valence-electron chi connectivity index (χ3n) is 8.17. The van der Waals surface area contributed by atoms with Crippen LogP contribution in [0.2, 0.25) is 0 Å². The van der Waals surface area contributed by atoms with Crippen LogP contribution >= 0.6 is 0 Å². The van der Waals surface area contributed by atoms with Crippen LogP contribution in [0.15, 0.2) is 161 Å². The average molecular weight is 556 g/mol. The van der Waals surface area contributed by atoms with Gasteiger partial charge >= 0.3 is 0 Å². The summed E-state index contributed by atoms with van der Waals surface area (Å²) >= 11 is 0. The SMILES string of the molecule is c1ccc(C2=NC(c3cccc4oc5ccc(-c6cccc(-c7ccccc7)c6)cc5c34)NC(c3ccccc3)N2)cc1. The number of aliphatic imine (C=N–C) groups is 1. The van der Waals surface area contributed by atoms with Crippen molar-refractivity contribution >= 4 is 27.8 Å². The van der Waals surface area contributed by atoms with Gasteiger partial charge < -0.3 is 9.73 Å². The van der Waals surface area contributed by atoms with Gasteiger partial charge in [-0.15, -0.1) is 0 Å². The number of hydrogen-bond donors (Lipinski definition) is 2. The highest BCUT2D eigenvalue weighted by molar-refractivity contribution is 6.08. The molecule has 0 fully saturated rings. The molecule has 0 spiro atoms. The van der Waals surface area contributed by atoms with Gasteiger partial charge in [-0.1, -0.05) is 127 Å². The Morgan fingerprint density at radius 1 is 0.512 bits per heavy atom. The molecule has 206 valence electrons. The molecular weight excluding hydrogens is 526 g/mol. The summed E-state index contributed by atoms with van der Waals surface area (Å²) in [5, 5.41) is 9.56. The van der Waals surface area contributed by atoms with Crippen molar-refractivity contribution in [1.29, 1.82) is 0 Å². The fourth-order valence-electron chi connectivity index (χ4n) is 6.05. The Kier molecular flexibility index (Phi) is 6.32. The van der Waals surface area contributed by atoms with Crippen molar-refractivity contribution < 1.29 is 4.42 Å². The van der Waals surface area contributed by atoms with Crippen molar-refractivity contribution in [3.63, 3.8) is 0 Å². The lowest BCUT2D eigenvalue weighted by Crippen LogP contribution is -2.44. The van der Waals surface area contributed by atoms with Crippen molar-refractivity contribution in [2.75, 3.05) is 0 Å². The number of amidine groups is 1. The van der Waals surface area contributed by atoms with Crippen LogP contribution in [0.5, 0.6) is 0 Å². The van der Waals surface area contributed by atoms with Crippen LogP contribution in [-0.2, 0) is 0 Å². The van der Waals surface area contributed by atoms with E-state index >= 15 is 0 Å². The minimum atomic E-state index is -0.281. The molecule has 0 aliphatic carbocycles. The van der Waals surface area contributed by atoms with Crippen molar-refractivity contribution in [2.45, 2.75) is 12.3 Å². The summed E-state index contributed by atoms with van der Waals surface area (Å²) in [6.45, 7) is 0. The molecule has 0 saturated carbocycles. The number of nitrogens with zero attached hydrogens (tertiary/aromatic N) is 1. The van der Waals surface area contributed by atoms with Gasteiger partial charge in [-0.3, -0.25) is 5.32 Å². The van der Waals surface area contributed by atoms with Gasteiger partial charge in [0.15, 0.2) is 0 Å². The third-order valence-corrected chi connectivity index (χ3v) is 8.17. The molecule has 4 nitrogen and oxygen atoms in total. The fraction of sp³-hybridized carbons (Fsp3) is 0.0513. The molecule has 8 rings (SSSR count). The van der Waals surface area contributed by atoms with Crippen molar-refractivity contribution in [2.24, 2.45) is 4.99 Å². The smallest absolute Gasteiger partial charge is 0.135 e. The molecule has 0 saturated heterocycles. The molecule has 43 heavy (non-hydrogen) atoms. The van der Waals surface area contributed by atoms with Crippen LogP contribution in [-0.4, -0.2) is 5.84 Å². The predicted octanol–water partition coefficient (Wildman–Crippen LogP) is 9.26. The van der Waals surface area contributed by atoms with Gasteiger partial charge in [0.25, 0.3) is 0 Å². The highest BCUT2D eigenvalue weighted by Gasteiger charge is 2.27. The summed E-state index contributed by atoms with van der Waals surface area (Å²) in [6.07, 6.45) is -0.389. The highest BCUT2D eigenvalue weighted by Crippen LogP contribution is 2.38. The number of hydrogen-bond acceptors (Lipinski definition) is 4. The maximum atomic E-state index is 6.40. The predicted molar refractivity (Wildman–Crippen MR) is 176 cm³/mol.